The van der Waals surface area contributed by atoms with Crippen LogP contribution in [0.25, 0.3) is 0 Å². The van der Waals surface area contributed by atoms with Crippen molar-refractivity contribution in [2.45, 2.75) is 33.1 Å². The van der Waals surface area contributed by atoms with E-state index in [1.165, 1.54) is 11.1 Å². The standard InChI is InChI=1S/C21H27NO3/c1-15-7-8-16(2)18(12-15)14-21(23)22-11-5-6-17-9-10-19(24-3)20(13-17)25-4/h7-10,12-13H,5-6,11,14H2,1-4H3,(H,22,23). The van der Waals surface area contributed by atoms with Gasteiger partial charge >= 0.3 is 0 Å². The quantitative estimate of drug-likeness (QED) is 0.746. The number of benzene rings is 2. The highest BCUT2D eigenvalue weighted by Crippen LogP contribution is 2.27. The lowest BCUT2D eigenvalue weighted by molar-refractivity contribution is -0.120. The normalized spacial score (nSPS) is 10.4. The Hall–Kier alpha value is -2.49. The molecule has 25 heavy (non-hydrogen) atoms. The molecule has 0 spiro atoms. The third-order valence-electron chi connectivity index (χ3n) is 4.27. The summed E-state index contributed by atoms with van der Waals surface area (Å²) in [5, 5.41) is 3.00. The lowest BCUT2D eigenvalue weighted by Crippen LogP contribution is -2.26. The third kappa shape index (κ3) is 5.52. The molecule has 0 atom stereocenters. The Morgan fingerprint density at radius 1 is 1.00 bits per heavy atom. The molecule has 0 fully saturated rings. The predicted octanol–water partition coefficient (Wildman–Crippen LogP) is 3.61. The van der Waals surface area contributed by atoms with Crippen molar-refractivity contribution in [3.05, 3.63) is 58.7 Å². The predicted molar refractivity (Wildman–Crippen MR) is 100 cm³/mol. The summed E-state index contributed by atoms with van der Waals surface area (Å²) in [5.74, 6) is 1.54. The molecule has 0 bridgehead atoms. The molecule has 2 aromatic carbocycles. The van der Waals surface area contributed by atoms with E-state index in [1.807, 2.05) is 32.0 Å². The van der Waals surface area contributed by atoms with E-state index in [0.29, 0.717) is 13.0 Å². The zero-order valence-corrected chi connectivity index (χ0v) is 15.5. The number of nitrogens with one attached hydrogen (secondary N) is 1. The first-order chi connectivity index (χ1) is 12.0. The van der Waals surface area contributed by atoms with Crippen LogP contribution >= 0.6 is 0 Å². The average Bonchev–Trinajstić information content (AvgIpc) is 2.61. The monoisotopic (exact) mass is 341 g/mol. The van der Waals surface area contributed by atoms with Crippen molar-refractivity contribution in [2.75, 3.05) is 20.8 Å². The van der Waals surface area contributed by atoms with Gasteiger partial charge in [-0.3, -0.25) is 4.79 Å². The summed E-state index contributed by atoms with van der Waals surface area (Å²) in [7, 11) is 3.26. The first-order valence-corrected chi connectivity index (χ1v) is 8.57. The van der Waals surface area contributed by atoms with Crippen molar-refractivity contribution in [2.24, 2.45) is 0 Å². The first-order valence-electron chi connectivity index (χ1n) is 8.57. The van der Waals surface area contributed by atoms with Gasteiger partial charge in [0.15, 0.2) is 11.5 Å². The van der Waals surface area contributed by atoms with Crippen LogP contribution in [0.15, 0.2) is 36.4 Å². The minimum atomic E-state index is 0.0704. The number of methoxy groups -OCH3 is 2. The molecular formula is C21H27NO3. The van der Waals surface area contributed by atoms with Gasteiger partial charge in [-0.1, -0.05) is 29.8 Å². The van der Waals surface area contributed by atoms with E-state index in [2.05, 4.69) is 23.5 Å². The van der Waals surface area contributed by atoms with Gasteiger partial charge in [-0.15, -0.1) is 0 Å². The number of rotatable bonds is 8. The average molecular weight is 341 g/mol. The fourth-order valence-corrected chi connectivity index (χ4v) is 2.78. The summed E-state index contributed by atoms with van der Waals surface area (Å²) in [5.41, 5.74) is 4.60. The molecule has 1 amide bonds. The summed E-state index contributed by atoms with van der Waals surface area (Å²) in [6.07, 6.45) is 2.20. The Morgan fingerprint density at radius 2 is 1.76 bits per heavy atom. The van der Waals surface area contributed by atoms with Crippen molar-refractivity contribution in [3.63, 3.8) is 0 Å². The van der Waals surface area contributed by atoms with E-state index in [0.717, 1.165) is 35.5 Å². The molecule has 0 saturated heterocycles. The molecule has 134 valence electrons. The van der Waals surface area contributed by atoms with Crippen LogP contribution in [0.2, 0.25) is 0 Å². The van der Waals surface area contributed by atoms with Crippen molar-refractivity contribution >= 4 is 5.91 Å². The second-order valence-corrected chi connectivity index (χ2v) is 6.25. The lowest BCUT2D eigenvalue weighted by Gasteiger charge is -2.10. The first kappa shape index (κ1) is 18.8. The van der Waals surface area contributed by atoms with E-state index >= 15 is 0 Å². The molecule has 2 rings (SSSR count). The number of hydrogen-bond acceptors (Lipinski definition) is 3. The molecule has 0 aliphatic rings. The molecule has 0 aliphatic carbocycles. The number of amides is 1. The molecule has 0 heterocycles. The van der Waals surface area contributed by atoms with Crippen molar-refractivity contribution in [1.29, 1.82) is 0 Å². The summed E-state index contributed by atoms with van der Waals surface area (Å²) >= 11 is 0. The van der Waals surface area contributed by atoms with E-state index in [1.54, 1.807) is 14.2 Å². The van der Waals surface area contributed by atoms with Crippen LogP contribution in [0.4, 0.5) is 0 Å². The molecule has 4 heteroatoms. The van der Waals surface area contributed by atoms with E-state index < -0.39 is 0 Å². The maximum Gasteiger partial charge on any atom is 0.224 e. The second kappa shape index (κ2) is 9.11. The number of ether oxygens (including phenoxy) is 2. The lowest BCUT2D eigenvalue weighted by atomic mass is 10.0. The van der Waals surface area contributed by atoms with Gasteiger partial charge in [0.25, 0.3) is 0 Å². The Morgan fingerprint density at radius 3 is 2.48 bits per heavy atom. The van der Waals surface area contributed by atoms with Crippen LogP contribution in [0.5, 0.6) is 11.5 Å². The van der Waals surface area contributed by atoms with Gasteiger partial charge in [0.1, 0.15) is 0 Å². The van der Waals surface area contributed by atoms with Crippen LogP contribution in [0.3, 0.4) is 0 Å². The summed E-state index contributed by atoms with van der Waals surface area (Å²) < 4.78 is 10.6. The molecular weight excluding hydrogens is 314 g/mol. The zero-order chi connectivity index (χ0) is 18.2. The van der Waals surface area contributed by atoms with Gasteiger partial charge in [-0.05, 0) is 55.5 Å². The Bertz CT molecular complexity index is 725. The van der Waals surface area contributed by atoms with E-state index in [9.17, 15) is 4.79 Å². The molecule has 0 aromatic heterocycles. The molecule has 0 saturated carbocycles. The fraction of sp³-hybridized carbons (Fsp3) is 0.381. The summed E-state index contributed by atoms with van der Waals surface area (Å²) in [6.45, 7) is 4.75. The fourth-order valence-electron chi connectivity index (χ4n) is 2.78. The van der Waals surface area contributed by atoms with Crippen LogP contribution in [0, 0.1) is 13.8 Å². The van der Waals surface area contributed by atoms with Gasteiger partial charge < -0.3 is 14.8 Å². The van der Waals surface area contributed by atoms with Gasteiger partial charge in [-0.2, -0.15) is 0 Å². The van der Waals surface area contributed by atoms with Gasteiger partial charge in [0.05, 0.1) is 20.6 Å². The highest BCUT2D eigenvalue weighted by Gasteiger charge is 2.07. The minimum absolute atomic E-state index is 0.0704. The Kier molecular flexibility index (Phi) is 6.87. The third-order valence-corrected chi connectivity index (χ3v) is 4.27. The number of aryl methyl sites for hydroxylation is 3. The van der Waals surface area contributed by atoms with Crippen molar-refractivity contribution in [3.8, 4) is 11.5 Å². The number of hydrogen-bond donors (Lipinski definition) is 1. The number of carbonyl (C=O) groups is 1. The maximum absolute atomic E-state index is 12.1. The molecule has 0 unspecified atom stereocenters. The Balaban J connectivity index is 1.79. The largest absolute Gasteiger partial charge is 0.493 e. The van der Waals surface area contributed by atoms with E-state index in [-0.39, 0.29) is 5.91 Å². The zero-order valence-electron chi connectivity index (χ0n) is 15.5. The number of carbonyl (C=O) groups excluding carboxylic acids is 1. The van der Waals surface area contributed by atoms with Crippen LogP contribution < -0.4 is 14.8 Å². The highest BCUT2D eigenvalue weighted by atomic mass is 16.5. The topological polar surface area (TPSA) is 47.6 Å². The van der Waals surface area contributed by atoms with Gasteiger partial charge in [0, 0.05) is 6.54 Å². The van der Waals surface area contributed by atoms with Crippen LogP contribution in [0.1, 0.15) is 28.7 Å². The molecule has 4 nitrogen and oxygen atoms in total. The second-order valence-electron chi connectivity index (χ2n) is 6.25. The maximum atomic E-state index is 12.1. The van der Waals surface area contributed by atoms with Crippen LogP contribution in [-0.2, 0) is 17.6 Å². The van der Waals surface area contributed by atoms with Gasteiger partial charge in [-0.25, -0.2) is 0 Å². The van der Waals surface area contributed by atoms with Crippen molar-refractivity contribution in [1.82, 2.24) is 5.32 Å². The molecule has 2 aromatic rings. The smallest absolute Gasteiger partial charge is 0.224 e. The Labute approximate surface area is 150 Å². The van der Waals surface area contributed by atoms with Gasteiger partial charge in [0.2, 0.25) is 5.91 Å². The SMILES string of the molecule is COc1ccc(CCCNC(=O)Cc2cc(C)ccc2C)cc1OC. The molecule has 0 aliphatic heterocycles. The van der Waals surface area contributed by atoms with Crippen molar-refractivity contribution < 1.29 is 14.3 Å². The molecule has 1 N–H and O–H groups in total. The van der Waals surface area contributed by atoms with E-state index in [4.69, 9.17) is 9.47 Å². The highest BCUT2D eigenvalue weighted by molar-refractivity contribution is 5.78. The summed E-state index contributed by atoms with van der Waals surface area (Å²) in [4.78, 5) is 12.1. The summed E-state index contributed by atoms with van der Waals surface area (Å²) in [6, 6.07) is 12.1. The van der Waals surface area contributed by atoms with Crippen LogP contribution in [-0.4, -0.2) is 26.7 Å². The minimum Gasteiger partial charge on any atom is -0.493 e. The molecule has 0 radical (unpaired) electrons.